The van der Waals surface area contributed by atoms with Gasteiger partial charge in [-0.2, -0.15) is 0 Å². The van der Waals surface area contributed by atoms with Crippen LogP contribution in [0.25, 0.3) is 0 Å². The number of halogens is 1. The molecule has 1 aromatic carbocycles. The minimum Gasteiger partial charge on any atom is -0.388 e. The summed E-state index contributed by atoms with van der Waals surface area (Å²) in [6.45, 7) is 4.06. The Labute approximate surface area is 114 Å². The van der Waals surface area contributed by atoms with Gasteiger partial charge >= 0.3 is 0 Å². The van der Waals surface area contributed by atoms with E-state index in [1.807, 2.05) is 13.0 Å². The highest BCUT2D eigenvalue weighted by atomic mass is 35.5. The molecule has 1 N–H and O–H groups in total. The monoisotopic (exact) mass is 264 g/mol. The molecule has 1 nitrogen and oxygen atoms in total. The molecular weight excluding hydrogens is 244 g/mol. The Kier molecular flexibility index (Phi) is 3.15. The van der Waals surface area contributed by atoms with Crippen LogP contribution in [0.3, 0.4) is 0 Å². The average molecular weight is 265 g/mol. The standard InChI is InChI=1S/C16H21ClO/c1-9-8-14(17)10(2)7-13(9)16(18)15-11-5-3-4-6-12(11)15/h7-8,11-12,15-16,18H,3-6H2,1-2H3. The van der Waals surface area contributed by atoms with E-state index in [0.717, 1.165) is 33.5 Å². The van der Waals surface area contributed by atoms with E-state index < -0.39 is 0 Å². The normalized spacial score (nSPS) is 31.9. The average Bonchev–Trinajstić information content (AvgIpc) is 3.07. The largest absolute Gasteiger partial charge is 0.388 e. The van der Waals surface area contributed by atoms with Crippen molar-refractivity contribution in [1.29, 1.82) is 0 Å². The highest BCUT2D eigenvalue weighted by molar-refractivity contribution is 6.31. The molecule has 2 aliphatic rings. The van der Waals surface area contributed by atoms with Gasteiger partial charge in [-0.3, -0.25) is 0 Å². The number of aryl methyl sites for hydroxylation is 2. The van der Waals surface area contributed by atoms with E-state index in [0.29, 0.717) is 5.92 Å². The van der Waals surface area contributed by atoms with Gasteiger partial charge in [-0.15, -0.1) is 0 Å². The third-order valence-corrected chi connectivity index (χ3v) is 5.36. The molecule has 0 saturated heterocycles. The maximum Gasteiger partial charge on any atom is 0.0826 e. The Morgan fingerprint density at radius 3 is 2.33 bits per heavy atom. The molecule has 0 aliphatic heterocycles. The lowest BCUT2D eigenvalue weighted by Crippen LogP contribution is -2.05. The van der Waals surface area contributed by atoms with Gasteiger partial charge in [0.15, 0.2) is 0 Å². The van der Waals surface area contributed by atoms with Gasteiger partial charge in [-0.1, -0.05) is 30.5 Å². The van der Waals surface area contributed by atoms with Gasteiger partial charge in [0.2, 0.25) is 0 Å². The summed E-state index contributed by atoms with van der Waals surface area (Å²) < 4.78 is 0. The summed E-state index contributed by atoms with van der Waals surface area (Å²) in [5.74, 6) is 2.07. The van der Waals surface area contributed by atoms with Crippen molar-refractivity contribution in [2.45, 2.75) is 45.6 Å². The first kappa shape index (κ1) is 12.5. The quantitative estimate of drug-likeness (QED) is 0.838. The molecule has 98 valence electrons. The number of hydrogen-bond donors (Lipinski definition) is 1. The molecule has 0 bridgehead atoms. The smallest absolute Gasteiger partial charge is 0.0826 e. The Hall–Kier alpha value is -0.530. The van der Waals surface area contributed by atoms with Crippen molar-refractivity contribution in [3.63, 3.8) is 0 Å². The molecule has 1 aromatic rings. The number of aliphatic hydroxyl groups excluding tert-OH is 1. The highest BCUT2D eigenvalue weighted by Gasteiger charge is 2.54. The highest BCUT2D eigenvalue weighted by Crippen LogP contribution is 2.60. The summed E-state index contributed by atoms with van der Waals surface area (Å²) in [6.07, 6.45) is 5.05. The van der Waals surface area contributed by atoms with Gasteiger partial charge in [0.05, 0.1) is 6.10 Å². The van der Waals surface area contributed by atoms with Gasteiger partial charge in [0.1, 0.15) is 0 Å². The van der Waals surface area contributed by atoms with Gasteiger partial charge in [-0.05, 0) is 67.2 Å². The SMILES string of the molecule is Cc1cc(C(O)C2C3CCCCC32)c(C)cc1Cl. The molecule has 18 heavy (non-hydrogen) atoms. The van der Waals surface area contributed by atoms with E-state index in [9.17, 15) is 5.11 Å². The van der Waals surface area contributed by atoms with Crippen molar-refractivity contribution in [3.8, 4) is 0 Å². The zero-order valence-corrected chi connectivity index (χ0v) is 11.9. The van der Waals surface area contributed by atoms with Gasteiger partial charge in [0.25, 0.3) is 0 Å². The molecular formula is C16H21ClO. The van der Waals surface area contributed by atoms with Crippen molar-refractivity contribution >= 4 is 11.6 Å². The summed E-state index contributed by atoms with van der Waals surface area (Å²) in [5, 5.41) is 11.4. The Balaban J connectivity index is 1.85. The van der Waals surface area contributed by atoms with E-state index in [4.69, 9.17) is 11.6 Å². The van der Waals surface area contributed by atoms with Crippen LogP contribution in [0.5, 0.6) is 0 Å². The van der Waals surface area contributed by atoms with Crippen LogP contribution in [0.4, 0.5) is 0 Å². The van der Waals surface area contributed by atoms with Gasteiger partial charge in [-0.25, -0.2) is 0 Å². The molecule has 2 heteroatoms. The molecule has 2 aliphatic carbocycles. The van der Waals surface area contributed by atoms with Crippen molar-refractivity contribution in [2.24, 2.45) is 17.8 Å². The summed E-state index contributed by atoms with van der Waals surface area (Å²) in [6, 6.07) is 4.06. The zero-order chi connectivity index (χ0) is 12.9. The minimum absolute atomic E-state index is 0.283. The second-order valence-corrected chi connectivity index (χ2v) is 6.50. The van der Waals surface area contributed by atoms with E-state index in [1.165, 1.54) is 25.7 Å². The number of fused-ring (bicyclic) bond motifs is 1. The second kappa shape index (κ2) is 4.54. The summed E-state index contributed by atoms with van der Waals surface area (Å²) in [5.41, 5.74) is 3.29. The van der Waals surface area contributed by atoms with Crippen LogP contribution in [0, 0.1) is 31.6 Å². The maximum absolute atomic E-state index is 10.6. The predicted molar refractivity (Wildman–Crippen MR) is 74.8 cm³/mol. The first-order valence-corrected chi connectivity index (χ1v) is 7.42. The van der Waals surface area contributed by atoms with Crippen LogP contribution in [-0.4, -0.2) is 5.11 Å². The van der Waals surface area contributed by atoms with Gasteiger partial charge < -0.3 is 5.11 Å². The first-order chi connectivity index (χ1) is 8.59. The van der Waals surface area contributed by atoms with Crippen molar-refractivity contribution < 1.29 is 5.11 Å². The molecule has 3 atom stereocenters. The molecule has 3 unspecified atom stereocenters. The fraction of sp³-hybridized carbons (Fsp3) is 0.625. The number of benzene rings is 1. The fourth-order valence-electron chi connectivity index (χ4n) is 3.85. The van der Waals surface area contributed by atoms with Crippen molar-refractivity contribution in [3.05, 3.63) is 33.8 Å². The van der Waals surface area contributed by atoms with E-state index >= 15 is 0 Å². The molecule has 0 heterocycles. The number of hydrogen-bond acceptors (Lipinski definition) is 1. The third-order valence-electron chi connectivity index (χ3n) is 4.95. The lowest BCUT2D eigenvalue weighted by molar-refractivity contribution is 0.141. The fourth-order valence-corrected chi connectivity index (χ4v) is 4.06. The van der Waals surface area contributed by atoms with Crippen LogP contribution < -0.4 is 0 Å². The molecule has 2 saturated carbocycles. The molecule has 0 amide bonds. The van der Waals surface area contributed by atoms with Crippen molar-refractivity contribution in [2.75, 3.05) is 0 Å². The van der Waals surface area contributed by atoms with Crippen LogP contribution in [0.2, 0.25) is 5.02 Å². The maximum atomic E-state index is 10.6. The molecule has 0 aromatic heterocycles. The van der Waals surface area contributed by atoms with E-state index in [-0.39, 0.29) is 6.10 Å². The zero-order valence-electron chi connectivity index (χ0n) is 11.1. The minimum atomic E-state index is -0.283. The summed E-state index contributed by atoms with van der Waals surface area (Å²) in [7, 11) is 0. The predicted octanol–water partition coefficient (Wildman–Crippen LogP) is 4.43. The van der Waals surface area contributed by atoms with Crippen LogP contribution >= 0.6 is 11.6 Å². The van der Waals surface area contributed by atoms with Gasteiger partial charge in [0, 0.05) is 5.02 Å². The Bertz CT molecular complexity index is 456. The second-order valence-electron chi connectivity index (χ2n) is 6.09. The molecule has 0 radical (unpaired) electrons. The van der Waals surface area contributed by atoms with E-state index in [1.54, 1.807) is 0 Å². The number of aliphatic hydroxyl groups is 1. The molecule has 3 rings (SSSR count). The van der Waals surface area contributed by atoms with Crippen LogP contribution in [0.15, 0.2) is 12.1 Å². The number of rotatable bonds is 2. The Morgan fingerprint density at radius 1 is 1.11 bits per heavy atom. The lowest BCUT2D eigenvalue weighted by atomic mass is 9.96. The molecule has 2 fully saturated rings. The summed E-state index contributed by atoms with van der Waals surface area (Å²) >= 11 is 6.13. The topological polar surface area (TPSA) is 20.2 Å². The Morgan fingerprint density at radius 2 is 1.72 bits per heavy atom. The third kappa shape index (κ3) is 1.98. The first-order valence-electron chi connectivity index (χ1n) is 7.04. The van der Waals surface area contributed by atoms with Crippen molar-refractivity contribution in [1.82, 2.24) is 0 Å². The summed E-state index contributed by atoms with van der Waals surface area (Å²) in [4.78, 5) is 0. The van der Waals surface area contributed by atoms with E-state index in [2.05, 4.69) is 13.0 Å². The van der Waals surface area contributed by atoms with Crippen LogP contribution in [-0.2, 0) is 0 Å². The molecule has 0 spiro atoms. The lowest BCUT2D eigenvalue weighted by Gasteiger charge is -2.15. The van der Waals surface area contributed by atoms with Crippen LogP contribution in [0.1, 0.15) is 48.5 Å².